The number of nitrogens with zero attached hydrogens (tertiary/aromatic N) is 3. The van der Waals surface area contributed by atoms with Crippen LogP contribution < -0.4 is 5.32 Å². The van der Waals surface area contributed by atoms with Gasteiger partial charge in [-0.3, -0.25) is 4.79 Å². The molecule has 0 bridgehead atoms. The summed E-state index contributed by atoms with van der Waals surface area (Å²) in [6.07, 6.45) is 0. The Morgan fingerprint density at radius 3 is 2.62 bits per heavy atom. The van der Waals surface area contributed by atoms with Crippen molar-refractivity contribution < 1.29 is 9.18 Å². The number of nitriles is 1. The van der Waals surface area contributed by atoms with E-state index in [1.807, 2.05) is 6.07 Å². The fraction of sp³-hybridized carbons (Fsp3) is 0.0588. The van der Waals surface area contributed by atoms with Gasteiger partial charge in [-0.25, -0.2) is 9.07 Å². The third-order valence-electron chi connectivity index (χ3n) is 3.22. The van der Waals surface area contributed by atoms with E-state index in [-0.39, 0.29) is 17.5 Å². The van der Waals surface area contributed by atoms with E-state index in [4.69, 9.17) is 17.5 Å². The summed E-state index contributed by atoms with van der Waals surface area (Å²) in [6.45, 7) is 0. The van der Waals surface area contributed by atoms with Gasteiger partial charge in [0.15, 0.2) is 8.29 Å². The highest BCUT2D eigenvalue weighted by atomic mass is 32.2. The fourth-order valence-electron chi connectivity index (χ4n) is 2.02. The lowest BCUT2D eigenvalue weighted by Crippen LogP contribution is -2.13. The molecule has 0 saturated carbocycles. The maximum atomic E-state index is 13.0. The molecule has 2 aromatic carbocycles. The fourth-order valence-corrected chi connectivity index (χ4v) is 4.18. The van der Waals surface area contributed by atoms with Crippen molar-refractivity contribution in [1.82, 2.24) is 9.78 Å². The van der Waals surface area contributed by atoms with Gasteiger partial charge in [-0.1, -0.05) is 23.1 Å². The molecule has 3 aromatic rings. The van der Waals surface area contributed by atoms with Crippen molar-refractivity contribution >= 4 is 46.9 Å². The topological polar surface area (TPSA) is 70.7 Å². The molecule has 0 spiro atoms. The normalized spacial score (nSPS) is 10.3. The number of benzene rings is 2. The number of anilines is 1. The van der Waals surface area contributed by atoms with E-state index in [1.54, 1.807) is 41.1 Å². The van der Waals surface area contributed by atoms with Crippen LogP contribution in [0.5, 0.6) is 0 Å². The van der Waals surface area contributed by atoms with Crippen LogP contribution in [0.25, 0.3) is 5.69 Å². The molecule has 1 heterocycles. The number of carbonyl (C=O) groups excluding carboxylic acids is 1. The van der Waals surface area contributed by atoms with Crippen LogP contribution in [0.4, 0.5) is 10.1 Å². The molecule has 0 atom stereocenters. The van der Waals surface area contributed by atoms with Crippen LogP contribution in [-0.4, -0.2) is 21.4 Å². The number of halogens is 1. The third-order valence-corrected chi connectivity index (χ3v) is 5.59. The minimum absolute atomic E-state index is 0.172. The van der Waals surface area contributed by atoms with Gasteiger partial charge in [0, 0.05) is 5.69 Å². The highest BCUT2D eigenvalue weighted by Crippen LogP contribution is 2.24. The molecule has 1 amide bonds. The Morgan fingerprint density at radius 1 is 1.27 bits per heavy atom. The lowest BCUT2D eigenvalue weighted by molar-refractivity contribution is -0.113. The van der Waals surface area contributed by atoms with E-state index in [2.05, 4.69) is 10.4 Å². The van der Waals surface area contributed by atoms with Crippen LogP contribution in [0, 0.1) is 21.1 Å². The Kier molecular flexibility index (Phi) is 5.78. The molecule has 0 radical (unpaired) electrons. The minimum Gasteiger partial charge on any atom is -0.325 e. The third kappa shape index (κ3) is 4.54. The number of rotatable bonds is 5. The van der Waals surface area contributed by atoms with Crippen LogP contribution in [-0.2, 0) is 4.79 Å². The number of carbonyl (C=O) groups is 1. The van der Waals surface area contributed by atoms with Gasteiger partial charge in [0.1, 0.15) is 5.82 Å². The summed E-state index contributed by atoms with van der Waals surface area (Å²) in [6, 6.07) is 14.5. The van der Waals surface area contributed by atoms with Crippen molar-refractivity contribution in [1.29, 1.82) is 5.26 Å². The molecular weight excluding hydrogens is 391 g/mol. The zero-order chi connectivity index (χ0) is 18.5. The summed E-state index contributed by atoms with van der Waals surface area (Å²) in [5.41, 5.74) is 1.82. The summed E-state index contributed by atoms with van der Waals surface area (Å²) in [5.74, 6) is -0.343. The second-order valence-corrected chi connectivity index (χ2v) is 7.89. The quantitative estimate of drug-likeness (QED) is 0.506. The molecule has 3 rings (SSSR count). The van der Waals surface area contributed by atoms with E-state index in [1.165, 1.54) is 35.2 Å². The van der Waals surface area contributed by atoms with Crippen LogP contribution >= 0.6 is 35.3 Å². The number of aromatic nitrogens is 2. The molecule has 0 saturated heterocycles. The molecule has 9 heteroatoms. The second kappa shape index (κ2) is 8.23. The second-order valence-electron chi connectivity index (χ2n) is 5.05. The van der Waals surface area contributed by atoms with E-state index in [0.29, 0.717) is 25.2 Å². The first-order chi connectivity index (χ1) is 12.5. The molecule has 0 aliphatic heterocycles. The average Bonchev–Trinajstić information content (AvgIpc) is 3.02. The van der Waals surface area contributed by atoms with Gasteiger partial charge >= 0.3 is 0 Å². The number of amides is 1. The van der Waals surface area contributed by atoms with Gasteiger partial charge in [0.05, 0.1) is 23.1 Å². The first kappa shape index (κ1) is 18.3. The minimum atomic E-state index is -0.329. The zero-order valence-electron chi connectivity index (χ0n) is 13.2. The van der Waals surface area contributed by atoms with Gasteiger partial charge in [-0.2, -0.15) is 5.26 Å². The Bertz CT molecular complexity index is 1020. The molecule has 130 valence electrons. The highest BCUT2D eigenvalue weighted by molar-refractivity contribution is 8.01. The van der Waals surface area contributed by atoms with Gasteiger partial charge < -0.3 is 5.32 Å². The maximum Gasteiger partial charge on any atom is 0.234 e. The monoisotopic (exact) mass is 402 g/mol. The number of hydrogen-bond acceptors (Lipinski definition) is 6. The predicted octanol–water partition coefficient (Wildman–Crippen LogP) is 4.40. The van der Waals surface area contributed by atoms with Crippen LogP contribution in [0.3, 0.4) is 0 Å². The number of nitrogens with one attached hydrogen (secondary N) is 1. The molecule has 1 N–H and O–H groups in total. The summed E-state index contributed by atoms with van der Waals surface area (Å²) in [4.78, 5) is 12.0. The Morgan fingerprint density at radius 2 is 1.96 bits per heavy atom. The van der Waals surface area contributed by atoms with E-state index < -0.39 is 0 Å². The standard InChI is InChI=1S/C17H11FN4OS3/c18-12-3-7-14(8-4-12)22-17(24)26-16(21-22)25-10-15(23)20-13-5-1-11(9-19)2-6-13/h1-8H,10H2,(H,20,23). The Hall–Kier alpha value is -2.54. The molecule has 26 heavy (non-hydrogen) atoms. The first-order valence-corrected chi connectivity index (χ1v) is 9.55. The van der Waals surface area contributed by atoms with Gasteiger partial charge in [-0.15, -0.1) is 5.10 Å². The largest absolute Gasteiger partial charge is 0.325 e. The van der Waals surface area contributed by atoms with Crippen LogP contribution in [0.15, 0.2) is 52.9 Å². The van der Waals surface area contributed by atoms with Gasteiger partial charge in [0.25, 0.3) is 0 Å². The van der Waals surface area contributed by atoms with E-state index in [0.717, 1.165) is 0 Å². The molecule has 1 aromatic heterocycles. The van der Waals surface area contributed by atoms with E-state index >= 15 is 0 Å². The molecule has 0 aliphatic rings. The summed E-state index contributed by atoms with van der Waals surface area (Å²) < 4.78 is 15.7. The zero-order valence-corrected chi connectivity index (χ0v) is 15.6. The van der Waals surface area contributed by atoms with Crippen molar-refractivity contribution in [3.63, 3.8) is 0 Å². The molecule has 0 unspecified atom stereocenters. The maximum absolute atomic E-state index is 13.0. The predicted molar refractivity (Wildman–Crippen MR) is 103 cm³/mol. The average molecular weight is 403 g/mol. The van der Waals surface area contributed by atoms with Crippen LogP contribution in [0.2, 0.25) is 0 Å². The number of hydrogen-bond donors (Lipinski definition) is 1. The summed E-state index contributed by atoms with van der Waals surface area (Å²) >= 11 is 7.84. The van der Waals surface area contributed by atoms with Crippen LogP contribution in [0.1, 0.15) is 5.56 Å². The van der Waals surface area contributed by atoms with Crippen molar-refractivity contribution in [2.45, 2.75) is 4.34 Å². The molecular formula is C17H11FN4OS3. The SMILES string of the molecule is N#Cc1ccc(NC(=O)CSc2nn(-c3ccc(F)cc3)c(=S)s2)cc1. The van der Waals surface area contributed by atoms with Crippen molar-refractivity contribution in [2.75, 3.05) is 11.1 Å². The number of thioether (sulfide) groups is 1. The van der Waals surface area contributed by atoms with E-state index in [9.17, 15) is 9.18 Å². The Balaban J connectivity index is 1.62. The molecule has 5 nitrogen and oxygen atoms in total. The van der Waals surface area contributed by atoms with Gasteiger partial charge in [-0.05, 0) is 60.7 Å². The summed E-state index contributed by atoms with van der Waals surface area (Å²) in [7, 11) is 0. The van der Waals surface area contributed by atoms with Gasteiger partial charge in [0.2, 0.25) is 5.91 Å². The molecule has 0 fully saturated rings. The lowest BCUT2D eigenvalue weighted by Gasteiger charge is -2.04. The Labute approximate surface area is 162 Å². The first-order valence-electron chi connectivity index (χ1n) is 7.34. The van der Waals surface area contributed by atoms with Crippen molar-refractivity contribution in [2.24, 2.45) is 0 Å². The summed E-state index contributed by atoms with van der Waals surface area (Å²) in [5, 5.41) is 15.9. The highest BCUT2D eigenvalue weighted by Gasteiger charge is 2.10. The van der Waals surface area contributed by atoms with Crippen molar-refractivity contribution in [3.05, 3.63) is 63.9 Å². The lowest BCUT2D eigenvalue weighted by atomic mass is 10.2. The van der Waals surface area contributed by atoms with Crippen molar-refractivity contribution in [3.8, 4) is 11.8 Å². The smallest absolute Gasteiger partial charge is 0.234 e. The molecule has 0 aliphatic carbocycles.